The number of nitrogens with zero attached hydrogens (tertiary/aromatic N) is 5. The van der Waals surface area contributed by atoms with Crippen LogP contribution in [0.5, 0.6) is 0 Å². The molecular weight excluding hydrogens is 500 g/mol. The van der Waals surface area contributed by atoms with E-state index < -0.39 is 0 Å². The number of nitrogens with one attached hydrogen (secondary N) is 1. The summed E-state index contributed by atoms with van der Waals surface area (Å²) in [6.07, 6.45) is 7.74. The van der Waals surface area contributed by atoms with Crippen molar-refractivity contribution in [3.05, 3.63) is 75.2 Å². The van der Waals surface area contributed by atoms with Gasteiger partial charge in [0, 0.05) is 35.9 Å². The van der Waals surface area contributed by atoms with E-state index in [4.69, 9.17) is 11.6 Å². The Hall–Kier alpha value is -3.70. The number of anilines is 1. The van der Waals surface area contributed by atoms with Gasteiger partial charge in [-0.1, -0.05) is 11.6 Å². The smallest absolute Gasteiger partial charge is 0.254 e. The summed E-state index contributed by atoms with van der Waals surface area (Å²) in [5.74, 6) is 1.69. The van der Waals surface area contributed by atoms with Gasteiger partial charge in [-0.3, -0.25) is 19.2 Å². The fourth-order valence-corrected chi connectivity index (χ4v) is 6.09. The Morgan fingerprint density at radius 3 is 2.71 bits per heavy atom. The zero-order valence-corrected chi connectivity index (χ0v) is 22.4. The van der Waals surface area contributed by atoms with Gasteiger partial charge in [-0.05, 0) is 92.3 Å². The molecule has 1 unspecified atom stereocenters. The zero-order valence-electron chi connectivity index (χ0n) is 21.6. The standard InChI is InChI=1S/C29H29ClN6O2/c1-15-16(2)27(35-13-20-8-25(20)29(35)38)32-12-26(15)17(3)36-14-21(11-33-36)28(37)34-23-6-19(7-23)24-9-22(30)5-4-18(24)10-31/h4-5,9,11-12,14,17,19-20,23,25H,6-8,13H2,1-3H3,(H,34,37)/t17?,19?,20-,23?,25-/m1/s1. The third kappa shape index (κ3) is 4.15. The predicted molar refractivity (Wildman–Crippen MR) is 143 cm³/mol. The Balaban J connectivity index is 1.11. The molecule has 3 atom stereocenters. The van der Waals surface area contributed by atoms with Crippen molar-refractivity contribution in [3.63, 3.8) is 0 Å². The molecular formula is C29H29ClN6O2. The quantitative estimate of drug-likeness (QED) is 0.500. The van der Waals surface area contributed by atoms with Gasteiger partial charge in [0.1, 0.15) is 5.82 Å². The number of nitriles is 1. The molecule has 8 nitrogen and oxygen atoms in total. The third-order valence-corrected chi connectivity index (χ3v) is 8.83. The molecule has 38 heavy (non-hydrogen) atoms. The van der Waals surface area contributed by atoms with Gasteiger partial charge in [-0.2, -0.15) is 10.4 Å². The number of piperidine rings is 1. The summed E-state index contributed by atoms with van der Waals surface area (Å²) in [5.41, 5.74) is 5.18. The van der Waals surface area contributed by atoms with Gasteiger partial charge in [0.15, 0.2) is 0 Å². The lowest BCUT2D eigenvalue weighted by Crippen LogP contribution is -2.43. The predicted octanol–water partition coefficient (Wildman–Crippen LogP) is 4.69. The van der Waals surface area contributed by atoms with E-state index in [1.54, 1.807) is 29.2 Å². The number of hydrogen-bond acceptors (Lipinski definition) is 5. The van der Waals surface area contributed by atoms with E-state index >= 15 is 0 Å². The van der Waals surface area contributed by atoms with Gasteiger partial charge in [0.25, 0.3) is 5.91 Å². The number of aromatic nitrogens is 3. The lowest BCUT2D eigenvalue weighted by Gasteiger charge is -2.36. The van der Waals surface area contributed by atoms with Gasteiger partial charge >= 0.3 is 0 Å². The topological polar surface area (TPSA) is 104 Å². The minimum absolute atomic E-state index is 0.0415. The average molecular weight is 529 g/mol. The summed E-state index contributed by atoms with van der Waals surface area (Å²) >= 11 is 6.13. The van der Waals surface area contributed by atoms with Gasteiger partial charge < -0.3 is 5.32 Å². The van der Waals surface area contributed by atoms with Crippen LogP contribution in [0, 0.1) is 37.0 Å². The Morgan fingerprint density at radius 2 is 2.00 bits per heavy atom. The van der Waals surface area contributed by atoms with Gasteiger partial charge in [0.2, 0.25) is 5.91 Å². The number of fused-ring (bicyclic) bond motifs is 1. The second kappa shape index (κ2) is 9.25. The van der Waals surface area contributed by atoms with Crippen molar-refractivity contribution in [2.24, 2.45) is 11.8 Å². The highest BCUT2D eigenvalue weighted by Crippen LogP contribution is 2.47. The van der Waals surface area contributed by atoms with Crippen LogP contribution in [0.1, 0.15) is 76.3 Å². The van der Waals surface area contributed by atoms with E-state index in [9.17, 15) is 14.9 Å². The molecule has 0 spiro atoms. The highest BCUT2D eigenvalue weighted by molar-refractivity contribution is 6.30. The summed E-state index contributed by atoms with van der Waals surface area (Å²) in [6, 6.07) is 7.48. The van der Waals surface area contributed by atoms with Crippen LogP contribution in [0.15, 0.2) is 36.8 Å². The van der Waals surface area contributed by atoms with Gasteiger partial charge in [-0.25, -0.2) is 4.98 Å². The Kier molecular flexibility index (Phi) is 5.99. The maximum Gasteiger partial charge on any atom is 0.254 e. The molecule has 0 bridgehead atoms. The number of carbonyl (C=O) groups is 2. The lowest BCUT2D eigenvalue weighted by atomic mass is 9.74. The fourth-order valence-electron chi connectivity index (χ4n) is 5.91. The number of halogens is 1. The molecule has 3 aliphatic rings. The maximum atomic E-state index is 12.9. The van der Waals surface area contributed by atoms with Crippen LogP contribution in [0.3, 0.4) is 0 Å². The first-order valence-corrected chi connectivity index (χ1v) is 13.4. The van der Waals surface area contributed by atoms with E-state index in [-0.39, 0.29) is 35.7 Å². The maximum absolute atomic E-state index is 12.9. The molecule has 9 heteroatoms. The molecule has 3 heterocycles. The summed E-state index contributed by atoms with van der Waals surface area (Å²) in [6.45, 7) is 6.86. The average Bonchev–Trinajstić information content (AvgIpc) is 3.33. The van der Waals surface area contributed by atoms with Crippen LogP contribution in [0.4, 0.5) is 5.82 Å². The first kappa shape index (κ1) is 24.6. The van der Waals surface area contributed by atoms with Crippen LogP contribution in [-0.4, -0.2) is 39.2 Å². The molecule has 1 N–H and O–H groups in total. The molecule has 2 saturated carbocycles. The van der Waals surface area contributed by atoms with Crippen molar-refractivity contribution in [2.75, 3.05) is 11.4 Å². The molecule has 1 aromatic carbocycles. The molecule has 3 fully saturated rings. The molecule has 2 aromatic heterocycles. The molecule has 1 aliphatic heterocycles. The third-order valence-electron chi connectivity index (χ3n) is 8.59. The Bertz CT molecular complexity index is 1500. The minimum atomic E-state index is -0.161. The van der Waals surface area contributed by atoms with Crippen LogP contribution in [-0.2, 0) is 4.79 Å². The summed E-state index contributed by atoms with van der Waals surface area (Å²) in [5, 5.41) is 17.6. The first-order chi connectivity index (χ1) is 18.2. The summed E-state index contributed by atoms with van der Waals surface area (Å²) in [4.78, 5) is 32.0. The van der Waals surface area contributed by atoms with E-state index in [0.29, 0.717) is 22.1 Å². The van der Waals surface area contributed by atoms with Crippen molar-refractivity contribution < 1.29 is 9.59 Å². The van der Waals surface area contributed by atoms with E-state index in [2.05, 4.69) is 28.4 Å². The van der Waals surface area contributed by atoms with E-state index in [1.165, 1.54) is 0 Å². The fraction of sp³-hybridized carbons (Fsp3) is 0.414. The molecule has 194 valence electrons. The largest absolute Gasteiger partial charge is 0.349 e. The SMILES string of the molecule is Cc1c(C(C)n2cc(C(=O)NC3CC(c4cc(Cl)ccc4C#N)C3)cn2)cnc(N2C[C@H]3C[C@H]3C2=O)c1C. The van der Waals surface area contributed by atoms with Crippen LogP contribution in [0.2, 0.25) is 5.02 Å². The summed E-state index contributed by atoms with van der Waals surface area (Å²) in [7, 11) is 0. The minimum Gasteiger partial charge on any atom is -0.349 e. The van der Waals surface area contributed by atoms with Crippen molar-refractivity contribution >= 4 is 29.2 Å². The number of pyridine rings is 1. The molecule has 2 aliphatic carbocycles. The van der Waals surface area contributed by atoms with Crippen molar-refractivity contribution in [2.45, 2.75) is 58.0 Å². The first-order valence-electron chi connectivity index (χ1n) is 13.1. The number of rotatable bonds is 6. The molecule has 6 rings (SSSR count). The van der Waals surface area contributed by atoms with Gasteiger partial charge in [0.05, 0.1) is 29.4 Å². The highest BCUT2D eigenvalue weighted by atomic mass is 35.5. The van der Waals surface area contributed by atoms with E-state index in [0.717, 1.165) is 53.9 Å². The van der Waals surface area contributed by atoms with Crippen LogP contribution in [0.25, 0.3) is 0 Å². The molecule has 3 aromatic rings. The highest BCUT2D eigenvalue weighted by Gasteiger charge is 2.53. The Labute approximate surface area is 226 Å². The second-order valence-corrected chi connectivity index (χ2v) is 11.3. The Morgan fingerprint density at radius 1 is 1.21 bits per heavy atom. The van der Waals surface area contributed by atoms with Crippen molar-refractivity contribution in [1.29, 1.82) is 5.26 Å². The summed E-state index contributed by atoms with van der Waals surface area (Å²) < 4.78 is 1.78. The van der Waals surface area contributed by atoms with Crippen molar-refractivity contribution in [3.8, 4) is 6.07 Å². The number of hydrogen-bond donors (Lipinski definition) is 1. The van der Waals surface area contributed by atoms with Crippen LogP contribution >= 0.6 is 11.6 Å². The number of amides is 2. The normalized spacial score (nSPS) is 24.4. The van der Waals surface area contributed by atoms with Crippen LogP contribution < -0.4 is 10.2 Å². The van der Waals surface area contributed by atoms with Gasteiger partial charge in [-0.15, -0.1) is 0 Å². The monoisotopic (exact) mass is 528 g/mol. The molecule has 0 radical (unpaired) electrons. The second-order valence-electron chi connectivity index (χ2n) is 10.9. The zero-order chi connectivity index (χ0) is 26.7. The lowest BCUT2D eigenvalue weighted by molar-refractivity contribution is -0.118. The number of carbonyl (C=O) groups excluding carboxylic acids is 2. The molecule has 1 saturated heterocycles. The van der Waals surface area contributed by atoms with Crippen molar-refractivity contribution in [1.82, 2.24) is 20.1 Å². The molecule has 2 amide bonds. The van der Waals surface area contributed by atoms with E-state index in [1.807, 2.05) is 31.0 Å². The number of benzene rings is 1.